The molecule has 2 aliphatic carbocycles. The Kier molecular flexibility index (Phi) is 6.23. The van der Waals surface area contributed by atoms with Gasteiger partial charge in [-0.1, -0.05) is 6.42 Å². The van der Waals surface area contributed by atoms with Gasteiger partial charge >= 0.3 is 11.9 Å². The summed E-state index contributed by atoms with van der Waals surface area (Å²) < 4.78 is 11.6. The number of fused-ring (bicyclic) bond motifs is 2. The van der Waals surface area contributed by atoms with Crippen molar-refractivity contribution in [3.63, 3.8) is 0 Å². The number of carbonyl (C=O) groups is 2. The zero-order valence-corrected chi connectivity index (χ0v) is 20.2. The molecular formula is C27H36O6. The van der Waals surface area contributed by atoms with E-state index in [0.29, 0.717) is 24.7 Å². The lowest BCUT2D eigenvalue weighted by atomic mass is 9.86. The molecule has 2 unspecified atom stereocenters. The molecule has 6 nitrogen and oxygen atoms in total. The number of carboxylic acid groups (broad SMARTS) is 2. The van der Waals surface area contributed by atoms with Crippen molar-refractivity contribution < 1.29 is 29.3 Å². The zero-order chi connectivity index (χ0) is 24.0. The van der Waals surface area contributed by atoms with Gasteiger partial charge in [0, 0.05) is 23.0 Å². The highest BCUT2D eigenvalue weighted by atomic mass is 16.5. The van der Waals surface area contributed by atoms with Gasteiger partial charge in [-0.25, -0.2) is 0 Å². The van der Waals surface area contributed by atoms with E-state index in [1.807, 2.05) is 0 Å². The molecule has 0 saturated carbocycles. The maximum Gasteiger partial charge on any atom is 0.309 e. The third kappa shape index (κ3) is 4.62. The van der Waals surface area contributed by atoms with E-state index in [1.54, 1.807) is 27.7 Å². The number of allylic oxidation sites excluding steroid dienone is 4. The fourth-order valence-corrected chi connectivity index (χ4v) is 5.12. The molecule has 0 fully saturated rings. The third-order valence-electron chi connectivity index (χ3n) is 7.65. The lowest BCUT2D eigenvalue weighted by Crippen LogP contribution is -2.23. The lowest BCUT2D eigenvalue weighted by Gasteiger charge is -2.25. The molecule has 0 aromatic heterocycles. The summed E-state index contributed by atoms with van der Waals surface area (Å²) in [6.45, 7) is 7.14. The maximum absolute atomic E-state index is 11.3. The SMILES string of the molecule is CC(C)(CCCC1=C2OC1=CC2CCCC1=C2OC1=CC2CCCC(C)(C)C(=O)O)C(=O)O. The highest BCUT2D eigenvalue weighted by molar-refractivity contribution is 5.73. The first-order valence-corrected chi connectivity index (χ1v) is 12.2. The predicted octanol–water partition coefficient (Wildman–Crippen LogP) is 6.31. The fourth-order valence-electron chi connectivity index (χ4n) is 5.12. The van der Waals surface area contributed by atoms with Crippen molar-refractivity contribution in [3.05, 3.63) is 46.3 Å². The third-order valence-corrected chi connectivity index (χ3v) is 7.65. The predicted molar refractivity (Wildman–Crippen MR) is 124 cm³/mol. The van der Waals surface area contributed by atoms with Gasteiger partial charge in [0.05, 0.1) is 10.8 Å². The summed E-state index contributed by atoms with van der Waals surface area (Å²) in [6, 6.07) is 0. The number of ether oxygens (including phenoxy) is 2. The number of aliphatic carboxylic acids is 2. The van der Waals surface area contributed by atoms with Gasteiger partial charge in [0.15, 0.2) is 0 Å². The molecule has 33 heavy (non-hydrogen) atoms. The molecule has 0 radical (unpaired) electrons. The van der Waals surface area contributed by atoms with Gasteiger partial charge in [-0.2, -0.15) is 0 Å². The Morgan fingerprint density at radius 1 is 0.758 bits per heavy atom. The van der Waals surface area contributed by atoms with Crippen molar-refractivity contribution in [1.82, 2.24) is 0 Å². The molecule has 4 heterocycles. The van der Waals surface area contributed by atoms with Crippen molar-refractivity contribution in [1.29, 1.82) is 0 Å². The van der Waals surface area contributed by atoms with Crippen LogP contribution >= 0.6 is 0 Å². The first-order valence-electron chi connectivity index (χ1n) is 12.2. The molecule has 0 amide bonds. The highest BCUT2D eigenvalue weighted by Crippen LogP contribution is 2.51. The largest absolute Gasteiger partial charge is 0.481 e. The average molecular weight is 457 g/mol. The van der Waals surface area contributed by atoms with E-state index in [4.69, 9.17) is 9.47 Å². The van der Waals surface area contributed by atoms with Crippen LogP contribution in [0, 0.1) is 22.7 Å². The first kappa shape index (κ1) is 23.7. The molecule has 6 heteroatoms. The van der Waals surface area contributed by atoms with E-state index >= 15 is 0 Å². The molecular weight excluding hydrogens is 420 g/mol. The van der Waals surface area contributed by atoms with Gasteiger partial charge in [-0.3, -0.25) is 9.59 Å². The second-order valence-corrected chi connectivity index (χ2v) is 11.2. The summed E-state index contributed by atoms with van der Waals surface area (Å²) in [4.78, 5) is 22.6. The Labute approximate surface area is 196 Å². The van der Waals surface area contributed by atoms with Gasteiger partial charge in [0.25, 0.3) is 0 Å². The van der Waals surface area contributed by atoms with Gasteiger partial charge in [-0.05, 0) is 91.2 Å². The van der Waals surface area contributed by atoms with Crippen LogP contribution < -0.4 is 0 Å². The van der Waals surface area contributed by atoms with E-state index < -0.39 is 22.8 Å². The van der Waals surface area contributed by atoms with Crippen LogP contribution in [0.1, 0.15) is 85.5 Å². The number of rotatable bonds is 14. The molecule has 6 aliphatic rings. The summed E-state index contributed by atoms with van der Waals surface area (Å²) in [7, 11) is 0. The highest BCUT2D eigenvalue weighted by Gasteiger charge is 2.41. The minimum atomic E-state index is -0.740. The Morgan fingerprint density at radius 2 is 1.18 bits per heavy atom. The van der Waals surface area contributed by atoms with Crippen molar-refractivity contribution in [2.45, 2.75) is 85.5 Å². The summed E-state index contributed by atoms with van der Waals surface area (Å²) in [5.74, 6) is 3.42. The van der Waals surface area contributed by atoms with Crippen LogP contribution in [-0.4, -0.2) is 22.2 Å². The molecule has 6 rings (SSSR count). The molecule has 4 bridgehead atoms. The second-order valence-electron chi connectivity index (χ2n) is 11.2. The van der Waals surface area contributed by atoms with E-state index in [9.17, 15) is 19.8 Å². The summed E-state index contributed by atoms with van der Waals surface area (Å²) in [6.07, 6.45) is 12.5. The van der Waals surface area contributed by atoms with Crippen LogP contribution in [0.4, 0.5) is 0 Å². The van der Waals surface area contributed by atoms with E-state index in [-0.39, 0.29) is 0 Å². The molecule has 0 aromatic rings. The minimum absolute atomic E-state index is 0.314. The summed E-state index contributed by atoms with van der Waals surface area (Å²) in [5, 5.41) is 18.5. The minimum Gasteiger partial charge on any atom is -0.481 e. The molecule has 0 saturated heterocycles. The van der Waals surface area contributed by atoms with Crippen molar-refractivity contribution >= 4 is 11.9 Å². The van der Waals surface area contributed by atoms with Crippen LogP contribution in [0.15, 0.2) is 46.3 Å². The monoisotopic (exact) mass is 456 g/mol. The second kappa shape index (κ2) is 8.69. The summed E-state index contributed by atoms with van der Waals surface area (Å²) in [5.41, 5.74) is 1.29. The molecule has 180 valence electrons. The van der Waals surface area contributed by atoms with E-state index in [0.717, 1.165) is 68.0 Å². The zero-order valence-electron chi connectivity index (χ0n) is 20.2. The van der Waals surface area contributed by atoms with Crippen LogP contribution in [-0.2, 0) is 19.1 Å². The molecule has 0 aromatic carbocycles. The normalized spacial score (nSPS) is 22.9. The van der Waals surface area contributed by atoms with Crippen LogP contribution in [0.25, 0.3) is 0 Å². The smallest absolute Gasteiger partial charge is 0.309 e. The Morgan fingerprint density at radius 3 is 1.67 bits per heavy atom. The maximum atomic E-state index is 11.3. The van der Waals surface area contributed by atoms with Gasteiger partial charge < -0.3 is 19.7 Å². The van der Waals surface area contributed by atoms with Crippen LogP contribution in [0.2, 0.25) is 0 Å². The van der Waals surface area contributed by atoms with Crippen LogP contribution in [0.5, 0.6) is 0 Å². The fraction of sp³-hybridized carbons (Fsp3) is 0.630. The van der Waals surface area contributed by atoms with Gasteiger partial charge in [-0.15, -0.1) is 0 Å². The van der Waals surface area contributed by atoms with Gasteiger partial charge in [0.2, 0.25) is 0 Å². The number of hydrogen-bond acceptors (Lipinski definition) is 4. The molecule has 2 atom stereocenters. The molecule has 0 spiro atoms. The molecule has 4 aliphatic heterocycles. The van der Waals surface area contributed by atoms with Crippen molar-refractivity contribution in [3.8, 4) is 0 Å². The molecule has 2 N–H and O–H groups in total. The lowest BCUT2D eigenvalue weighted by molar-refractivity contribution is -0.148. The topological polar surface area (TPSA) is 93.1 Å². The van der Waals surface area contributed by atoms with E-state index in [2.05, 4.69) is 12.2 Å². The van der Waals surface area contributed by atoms with Crippen molar-refractivity contribution in [2.75, 3.05) is 0 Å². The van der Waals surface area contributed by atoms with Gasteiger partial charge in [0.1, 0.15) is 23.0 Å². The Balaban J connectivity index is 1.19. The standard InChI is InChI=1S/C27H36O6/c1-26(2,24(28)29)12-6-9-17-15-20-18(23(17)32-20)10-5-8-16-14-21-19(22(16)33-21)11-7-13-27(3,4)25(30)31/h14-17H,5-13H2,1-4H3,(H,28,29)(H,30,31). The van der Waals surface area contributed by atoms with E-state index in [1.165, 1.54) is 11.1 Å². The Bertz CT molecular complexity index is 975. The number of carboxylic acids is 2. The summed E-state index contributed by atoms with van der Waals surface area (Å²) >= 11 is 0. The Hall–Kier alpha value is -2.50. The first-order chi connectivity index (χ1) is 15.5. The number of hydrogen-bond donors (Lipinski definition) is 2. The van der Waals surface area contributed by atoms with Crippen LogP contribution in [0.3, 0.4) is 0 Å². The quantitative estimate of drug-likeness (QED) is 0.318. The van der Waals surface area contributed by atoms with Crippen molar-refractivity contribution in [2.24, 2.45) is 22.7 Å². The average Bonchev–Trinajstić information content (AvgIpc) is 3.46.